The van der Waals surface area contributed by atoms with Gasteiger partial charge in [0.05, 0.1) is 6.10 Å². The van der Waals surface area contributed by atoms with Gasteiger partial charge in [0.2, 0.25) is 0 Å². The van der Waals surface area contributed by atoms with E-state index in [-0.39, 0.29) is 23.7 Å². The monoisotopic (exact) mass is 363 g/mol. The number of ether oxygens (including phenoxy) is 1. The molecule has 4 rings (SSSR count). The lowest BCUT2D eigenvalue weighted by atomic mass is 9.99. The van der Waals surface area contributed by atoms with E-state index in [2.05, 4.69) is 0 Å². The van der Waals surface area contributed by atoms with Gasteiger partial charge in [0.1, 0.15) is 0 Å². The van der Waals surface area contributed by atoms with Crippen LogP contribution in [0.2, 0.25) is 0 Å². The molecular weight excluding hydrogens is 338 g/mol. The van der Waals surface area contributed by atoms with Gasteiger partial charge in [-0.1, -0.05) is 36.4 Å². The van der Waals surface area contributed by atoms with Crippen LogP contribution < -0.4 is 0 Å². The molecule has 0 spiro atoms. The van der Waals surface area contributed by atoms with Crippen LogP contribution in [0.5, 0.6) is 0 Å². The van der Waals surface area contributed by atoms with E-state index in [1.165, 1.54) is 0 Å². The minimum Gasteiger partial charge on any atom is -0.380 e. The second-order valence-corrected chi connectivity index (χ2v) is 7.55. The highest BCUT2D eigenvalue weighted by Crippen LogP contribution is 2.33. The van der Waals surface area contributed by atoms with Crippen molar-refractivity contribution in [1.82, 2.24) is 4.90 Å². The highest BCUT2D eigenvalue weighted by Gasteiger charge is 2.30. The number of nitrogens with zero attached hydrogens (tertiary/aromatic N) is 1. The Kier molecular flexibility index (Phi) is 5.08. The quantitative estimate of drug-likeness (QED) is 0.748. The Bertz CT molecular complexity index is 839. The molecule has 2 aromatic carbocycles. The lowest BCUT2D eigenvalue weighted by Gasteiger charge is -2.32. The fourth-order valence-corrected chi connectivity index (χ4v) is 3.74. The van der Waals surface area contributed by atoms with Gasteiger partial charge < -0.3 is 9.64 Å². The average molecular weight is 363 g/mol. The summed E-state index contributed by atoms with van der Waals surface area (Å²) in [6.45, 7) is 1.43. The summed E-state index contributed by atoms with van der Waals surface area (Å²) in [5.41, 5.74) is 3.49. The standard InChI is InChI=1S/C23H25NO3/c1-27-21-6-3-13-24(15-21)23(26)20-5-2-4-19(14-20)16-7-9-17(10-8-16)22(25)18-11-12-18/h2,4-5,7-10,14,18,21H,3,6,11-13,15H2,1H3/t21-/m1/s1. The fourth-order valence-electron chi connectivity index (χ4n) is 3.74. The van der Waals surface area contributed by atoms with Crippen molar-refractivity contribution in [3.05, 3.63) is 59.7 Å². The average Bonchev–Trinajstić information content (AvgIpc) is 3.58. The molecule has 2 aliphatic rings. The number of Topliss-reactive ketones (excluding diaryl/α,β-unsaturated/α-hetero) is 1. The van der Waals surface area contributed by atoms with Gasteiger partial charge in [-0.2, -0.15) is 0 Å². The number of hydrogen-bond donors (Lipinski definition) is 0. The zero-order chi connectivity index (χ0) is 18.8. The van der Waals surface area contributed by atoms with Gasteiger partial charge in [-0.3, -0.25) is 9.59 Å². The maximum absolute atomic E-state index is 12.9. The number of methoxy groups -OCH3 is 1. The molecule has 1 saturated carbocycles. The second kappa shape index (κ2) is 7.65. The summed E-state index contributed by atoms with van der Waals surface area (Å²) in [4.78, 5) is 26.9. The van der Waals surface area contributed by atoms with E-state index in [0.29, 0.717) is 12.1 Å². The van der Waals surface area contributed by atoms with Crippen molar-refractivity contribution in [3.8, 4) is 11.1 Å². The number of carbonyl (C=O) groups is 2. The molecule has 0 aromatic heterocycles. The minimum absolute atomic E-state index is 0.0548. The second-order valence-electron chi connectivity index (χ2n) is 7.55. The normalized spacial score (nSPS) is 19.7. The molecule has 1 aliphatic heterocycles. The molecule has 2 fully saturated rings. The Balaban J connectivity index is 1.51. The van der Waals surface area contributed by atoms with E-state index in [9.17, 15) is 9.59 Å². The van der Waals surface area contributed by atoms with Crippen molar-refractivity contribution in [3.63, 3.8) is 0 Å². The number of rotatable bonds is 5. The maximum Gasteiger partial charge on any atom is 0.253 e. The van der Waals surface area contributed by atoms with Crippen LogP contribution >= 0.6 is 0 Å². The molecule has 0 unspecified atom stereocenters. The van der Waals surface area contributed by atoms with Gasteiger partial charge in [-0.15, -0.1) is 0 Å². The SMILES string of the molecule is CO[C@@H]1CCCN(C(=O)c2cccc(-c3ccc(C(=O)C4CC4)cc3)c2)C1. The van der Waals surface area contributed by atoms with Crippen LogP contribution in [0.4, 0.5) is 0 Å². The third-order valence-corrected chi connectivity index (χ3v) is 5.56. The summed E-state index contributed by atoms with van der Waals surface area (Å²) in [5.74, 6) is 0.541. The van der Waals surface area contributed by atoms with Gasteiger partial charge in [-0.25, -0.2) is 0 Å². The molecule has 4 heteroatoms. The molecule has 1 atom stereocenters. The summed E-state index contributed by atoms with van der Waals surface area (Å²) >= 11 is 0. The van der Waals surface area contributed by atoms with E-state index in [1.807, 2.05) is 53.4 Å². The summed E-state index contributed by atoms with van der Waals surface area (Å²) < 4.78 is 5.43. The predicted octanol–water partition coefficient (Wildman–Crippen LogP) is 4.20. The summed E-state index contributed by atoms with van der Waals surface area (Å²) in [7, 11) is 1.71. The van der Waals surface area contributed by atoms with E-state index >= 15 is 0 Å². The van der Waals surface area contributed by atoms with Crippen LogP contribution in [0.15, 0.2) is 48.5 Å². The number of likely N-dealkylation sites (tertiary alicyclic amines) is 1. The fraction of sp³-hybridized carbons (Fsp3) is 0.391. The van der Waals surface area contributed by atoms with Crippen LogP contribution in [0.3, 0.4) is 0 Å². The number of benzene rings is 2. The van der Waals surface area contributed by atoms with Crippen molar-refractivity contribution in [1.29, 1.82) is 0 Å². The molecule has 0 radical (unpaired) electrons. The molecule has 1 saturated heterocycles. The molecule has 0 bridgehead atoms. The molecule has 1 amide bonds. The van der Waals surface area contributed by atoms with Crippen LogP contribution in [0.25, 0.3) is 11.1 Å². The van der Waals surface area contributed by atoms with Gasteiger partial charge in [-0.05, 0) is 48.9 Å². The lowest BCUT2D eigenvalue weighted by molar-refractivity contribution is 0.0269. The third kappa shape index (κ3) is 3.96. The summed E-state index contributed by atoms with van der Waals surface area (Å²) in [5, 5.41) is 0. The lowest BCUT2D eigenvalue weighted by Crippen LogP contribution is -2.42. The molecule has 2 aromatic rings. The molecular formula is C23H25NO3. The zero-order valence-corrected chi connectivity index (χ0v) is 15.7. The van der Waals surface area contributed by atoms with Crippen LogP contribution in [0, 0.1) is 5.92 Å². The predicted molar refractivity (Wildman–Crippen MR) is 105 cm³/mol. The van der Waals surface area contributed by atoms with Crippen molar-refractivity contribution < 1.29 is 14.3 Å². The van der Waals surface area contributed by atoms with Crippen LogP contribution in [0.1, 0.15) is 46.4 Å². The number of amides is 1. The number of hydrogen-bond acceptors (Lipinski definition) is 3. The maximum atomic E-state index is 12.9. The highest BCUT2D eigenvalue weighted by atomic mass is 16.5. The van der Waals surface area contributed by atoms with Crippen LogP contribution in [-0.2, 0) is 4.74 Å². The van der Waals surface area contributed by atoms with Crippen LogP contribution in [-0.4, -0.2) is 42.9 Å². The van der Waals surface area contributed by atoms with Gasteiger partial charge in [0.25, 0.3) is 5.91 Å². The van der Waals surface area contributed by atoms with Crippen molar-refractivity contribution in [2.75, 3.05) is 20.2 Å². The summed E-state index contributed by atoms with van der Waals surface area (Å²) in [6, 6.07) is 15.5. The highest BCUT2D eigenvalue weighted by molar-refractivity contribution is 6.00. The Morgan fingerprint density at radius 1 is 0.963 bits per heavy atom. The first-order valence-electron chi connectivity index (χ1n) is 9.72. The Morgan fingerprint density at radius 2 is 1.74 bits per heavy atom. The Labute approximate surface area is 160 Å². The molecule has 1 heterocycles. The first-order chi connectivity index (χ1) is 13.2. The summed E-state index contributed by atoms with van der Waals surface area (Å²) in [6.07, 6.45) is 4.14. The first-order valence-corrected chi connectivity index (χ1v) is 9.72. The van der Waals surface area contributed by atoms with E-state index < -0.39 is 0 Å². The number of ketones is 1. The van der Waals surface area contributed by atoms with Gasteiger partial charge in [0.15, 0.2) is 5.78 Å². The minimum atomic E-state index is 0.0548. The topological polar surface area (TPSA) is 46.6 Å². The van der Waals surface area contributed by atoms with E-state index in [0.717, 1.165) is 48.9 Å². The van der Waals surface area contributed by atoms with Gasteiger partial charge >= 0.3 is 0 Å². The van der Waals surface area contributed by atoms with Crippen molar-refractivity contribution in [2.45, 2.75) is 31.8 Å². The first kappa shape index (κ1) is 17.9. The van der Waals surface area contributed by atoms with Gasteiger partial charge in [0, 0.05) is 37.2 Å². The Hall–Kier alpha value is -2.46. The molecule has 1 aliphatic carbocycles. The number of carbonyl (C=O) groups excluding carboxylic acids is 2. The van der Waals surface area contributed by atoms with Crippen molar-refractivity contribution >= 4 is 11.7 Å². The molecule has 0 N–H and O–H groups in total. The zero-order valence-electron chi connectivity index (χ0n) is 15.7. The van der Waals surface area contributed by atoms with E-state index in [4.69, 9.17) is 4.74 Å². The molecule has 4 nitrogen and oxygen atoms in total. The number of piperidine rings is 1. The molecule has 140 valence electrons. The molecule has 27 heavy (non-hydrogen) atoms. The smallest absolute Gasteiger partial charge is 0.253 e. The third-order valence-electron chi connectivity index (χ3n) is 5.56. The largest absolute Gasteiger partial charge is 0.380 e. The van der Waals surface area contributed by atoms with E-state index in [1.54, 1.807) is 7.11 Å². The van der Waals surface area contributed by atoms with Crippen molar-refractivity contribution in [2.24, 2.45) is 5.92 Å². The Morgan fingerprint density at radius 3 is 2.44 bits per heavy atom.